The Morgan fingerprint density at radius 3 is 2.27 bits per heavy atom. The number of allylic oxidation sites excluding steroid dienone is 1. The summed E-state index contributed by atoms with van der Waals surface area (Å²) >= 11 is 0. The van der Waals surface area contributed by atoms with Crippen LogP contribution >= 0.6 is 0 Å². The van der Waals surface area contributed by atoms with E-state index in [4.69, 9.17) is 9.47 Å². The highest BCUT2D eigenvalue weighted by Crippen LogP contribution is 2.41. The van der Waals surface area contributed by atoms with Crippen LogP contribution in [0.1, 0.15) is 24.0 Å². The molecule has 0 spiro atoms. The molecule has 0 atom stereocenters. The summed E-state index contributed by atoms with van der Waals surface area (Å²) in [7, 11) is 3.47. The second-order valence-corrected chi connectivity index (χ2v) is 7.79. The largest absolute Gasteiger partial charge is 0.497 e. The summed E-state index contributed by atoms with van der Waals surface area (Å²) in [6, 6.07) is 27.4. The highest BCUT2D eigenvalue weighted by Gasteiger charge is 2.35. The van der Waals surface area contributed by atoms with E-state index in [9.17, 15) is 0 Å². The zero-order chi connectivity index (χ0) is 20.8. The average molecular weight is 400 g/mol. The van der Waals surface area contributed by atoms with E-state index in [0.29, 0.717) is 0 Å². The van der Waals surface area contributed by atoms with Gasteiger partial charge < -0.3 is 14.4 Å². The minimum absolute atomic E-state index is 0.0249. The summed E-state index contributed by atoms with van der Waals surface area (Å²) in [5.74, 6) is 1.85. The van der Waals surface area contributed by atoms with Crippen LogP contribution in [-0.2, 0) is 5.41 Å². The number of rotatable bonds is 6. The van der Waals surface area contributed by atoms with Crippen molar-refractivity contribution < 1.29 is 9.47 Å². The molecule has 0 amide bonds. The fraction of sp³-hybridized carbons (Fsp3) is 0.259. The van der Waals surface area contributed by atoms with Gasteiger partial charge in [0.15, 0.2) is 0 Å². The Kier molecular flexibility index (Phi) is 6.08. The molecule has 1 aliphatic heterocycles. The number of benzene rings is 3. The van der Waals surface area contributed by atoms with Crippen molar-refractivity contribution in [3.05, 3.63) is 96.1 Å². The molecule has 3 nitrogen and oxygen atoms in total. The molecule has 0 unspecified atom stereocenters. The van der Waals surface area contributed by atoms with Crippen molar-refractivity contribution in [2.45, 2.75) is 18.3 Å². The quantitative estimate of drug-likeness (QED) is 0.511. The number of hydrogen-bond acceptors (Lipinski definition) is 3. The van der Waals surface area contributed by atoms with E-state index in [2.05, 4.69) is 77.7 Å². The van der Waals surface area contributed by atoms with E-state index < -0.39 is 0 Å². The Bertz CT molecular complexity index is 989. The number of nitrogens with zero attached hydrogens (tertiary/aromatic N) is 1. The zero-order valence-electron chi connectivity index (χ0n) is 17.8. The summed E-state index contributed by atoms with van der Waals surface area (Å²) < 4.78 is 11.1. The molecule has 1 heterocycles. The van der Waals surface area contributed by atoms with Crippen LogP contribution in [0.5, 0.6) is 11.5 Å². The summed E-state index contributed by atoms with van der Waals surface area (Å²) in [6.07, 6.45) is 6.72. The molecule has 3 aromatic rings. The molecule has 0 saturated carbocycles. The first-order valence-electron chi connectivity index (χ1n) is 10.5. The molecule has 3 aromatic carbocycles. The molecule has 4 rings (SSSR count). The molecule has 1 fully saturated rings. The van der Waals surface area contributed by atoms with E-state index in [1.165, 1.54) is 16.8 Å². The highest BCUT2D eigenvalue weighted by atomic mass is 16.5. The molecule has 0 radical (unpaired) electrons. The molecule has 1 aliphatic rings. The van der Waals surface area contributed by atoms with Crippen molar-refractivity contribution in [2.24, 2.45) is 0 Å². The fourth-order valence-electron chi connectivity index (χ4n) is 4.34. The van der Waals surface area contributed by atoms with Crippen LogP contribution < -0.4 is 14.4 Å². The van der Waals surface area contributed by atoms with E-state index in [-0.39, 0.29) is 5.41 Å². The third kappa shape index (κ3) is 4.20. The van der Waals surface area contributed by atoms with Crippen LogP contribution in [-0.4, -0.2) is 27.3 Å². The SMILES string of the molecule is COc1cccc(C2(/C=C/c3ccccc3)CCN(c3ccccc3OC)CC2)c1. The van der Waals surface area contributed by atoms with Crippen LogP contribution in [0.2, 0.25) is 0 Å². The van der Waals surface area contributed by atoms with Crippen molar-refractivity contribution in [3.8, 4) is 11.5 Å². The summed E-state index contributed by atoms with van der Waals surface area (Å²) in [6.45, 7) is 1.94. The third-order valence-corrected chi connectivity index (χ3v) is 6.12. The van der Waals surface area contributed by atoms with Gasteiger partial charge in [0, 0.05) is 18.5 Å². The standard InChI is InChI=1S/C27H29NO2/c1-29-24-12-8-11-23(21-24)27(16-15-22-9-4-3-5-10-22)17-19-28(20-18-27)25-13-6-7-14-26(25)30-2/h3-16,21H,17-20H2,1-2H3/b16-15+. The average Bonchev–Trinajstić information content (AvgIpc) is 2.84. The summed E-state index contributed by atoms with van der Waals surface area (Å²) in [4.78, 5) is 2.44. The van der Waals surface area contributed by atoms with Gasteiger partial charge in [0.25, 0.3) is 0 Å². The van der Waals surface area contributed by atoms with Gasteiger partial charge in [0.05, 0.1) is 19.9 Å². The van der Waals surface area contributed by atoms with Gasteiger partial charge in [-0.3, -0.25) is 0 Å². The first-order valence-corrected chi connectivity index (χ1v) is 10.5. The number of anilines is 1. The number of para-hydroxylation sites is 2. The minimum Gasteiger partial charge on any atom is -0.497 e. The lowest BCUT2D eigenvalue weighted by Gasteiger charge is -2.42. The Morgan fingerprint density at radius 2 is 1.53 bits per heavy atom. The first-order chi connectivity index (χ1) is 14.7. The molecule has 30 heavy (non-hydrogen) atoms. The van der Waals surface area contributed by atoms with Crippen molar-refractivity contribution in [1.82, 2.24) is 0 Å². The Labute approximate surface area is 179 Å². The lowest BCUT2D eigenvalue weighted by atomic mass is 9.72. The molecule has 1 saturated heterocycles. The summed E-state index contributed by atoms with van der Waals surface area (Å²) in [5, 5.41) is 0. The second-order valence-electron chi connectivity index (χ2n) is 7.79. The minimum atomic E-state index is -0.0249. The highest BCUT2D eigenvalue weighted by molar-refractivity contribution is 5.60. The molecular formula is C27H29NO2. The molecular weight excluding hydrogens is 370 g/mol. The van der Waals surface area contributed by atoms with E-state index in [1.807, 2.05) is 18.2 Å². The predicted molar refractivity (Wildman–Crippen MR) is 125 cm³/mol. The van der Waals surface area contributed by atoms with E-state index in [1.54, 1.807) is 14.2 Å². The Balaban J connectivity index is 1.64. The predicted octanol–water partition coefficient (Wildman–Crippen LogP) is 5.96. The number of ether oxygens (including phenoxy) is 2. The van der Waals surface area contributed by atoms with Crippen LogP contribution in [0, 0.1) is 0 Å². The van der Waals surface area contributed by atoms with Crippen molar-refractivity contribution in [1.29, 1.82) is 0 Å². The smallest absolute Gasteiger partial charge is 0.142 e. The maximum absolute atomic E-state index is 5.60. The monoisotopic (exact) mass is 399 g/mol. The second kappa shape index (κ2) is 9.08. The van der Waals surface area contributed by atoms with Crippen molar-refractivity contribution >= 4 is 11.8 Å². The fourth-order valence-corrected chi connectivity index (χ4v) is 4.34. The Morgan fingerprint density at radius 1 is 0.800 bits per heavy atom. The Hall–Kier alpha value is -3.20. The van der Waals surface area contributed by atoms with Gasteiger partial charge >= 0.3 is 0 Å². The topological polar surface area (TPSA) is 21.7 Å². The van der Waals surface area contributed by atoms with Crippen molar-refractivity contribution in [2.75, 3.05) is 32.2 Å². The van der Waals surface area contributed by atoms with Gasteiger partial charge in [-0.15, -0.1) is 0 Å². The number of piperidine rings is 1. The molecule has 0 aromatic heterocycles. The van der Waals surface area contributed by atoms with Crippen LogP contribution in [0.3, 0.4) is 0 Å². The first kappa shape index (κ1) is 20.1. The molecule has 0 bridgehead atoms. The summed E-state index contributed by atoms with van der Waals surface area (Å²) in [5.41, 5.74) is 3.69. The van der Waals surface area contributed by atoms with E-state index >= 15 is 0 Å². The number of hydrogen-bond donors (Lipinski definition) is 0. The molecule has 0 N–H and O–H groups in total. The van der Waals surface area contributed by atoms with Gasteiger partial charge in [-0.05, 0) is 48.2 Å². The molecule has 0 aliphatic carbocycles. The lowest BCUT2D eigenvalue weighted by molar-refractivity contribution is 0.387. The van der Waals surface area contributed by atoms with Gasteiger partial charge in [0.1, 0.15) is 11.5 Å². The van der Waals surface area contributed by atoms with Gasteiger partial charge in [-0.2, -0.15) is 0 Å². The molecule has 3 heteroatoms. The van der Waals surface area contributed by atoms with E-state index in [0.717, 1.165) is 37.4 Å². The maximum atomic E-state index is 5.60. The van der Waals surface area contributed by atoms with Crippen molar-refractivity contribution in [3.63, 3.8) is 0 Å². The van der Waals surface area contributed by atoms with Crippen LogP contribution in [0.15, 0.2) is 84.9 Å². The maximum Gasteiger partial charge on any atom is 0.142 e. The third-order valence-electron chi connectivity index (χ3n) is 6.12. The van der Waals surface area contributed by atoms with Gasteiger partial charge in [-0.25, -0.2) is 0 Å². The van der Waals surface area contributed by atoms with Gasteiger partial charge in [0.2, 0.25) is 0 Å². The number of methoxy groups -OCH3 is 2. The normalized spacial score (nSPS) is 15.9. The lowest BCUT2D eigenvalue weighted by Crippen LogP contribution is -2.41. The van der Waals surface area contributed by atoms with Gasteiger partial charge in [-0.1, -0.05) is 66.7 Å². The van der Waals surface area contributed by atoms with Crippen LogP contribution in [0.4, 0.5) is 5.69 Å². The zero-order valence-corrected chi connectivity index (χ0v) is 17.8. The molecule has 154 valence electrons. The van der Waals surface area contributed by atoms with Crippen LogP contribution in [0.25, 0.3) is 6.08 Å².